The molecule has 0 heterocycles. The van der Waals surface area contributed by atoms with Crippen LogP contribution >= 0.6 is 11.6 Å². The SMILES string of the molecule is CC(O)(CC(C)(c1ccccc1)c1ccc(Cl)cc1)c1ccccc1. The predicted molar refractivity (Wildman–Crippen MR) is 105 cm³/mol. The zero-order valence-corrected chi connectivity index (χ0v) is 15.4. The molecule has 0 bridgehead atoms. The summed E-state index contributed by atoms with van der Waals surface area (Å²) in [6.07, 6.45) is 0.565. The second-order valence-corrected chi connectivity index (χ2v) is 7.46. The predicted octanol–water partition coefficient (Wildman–Crippen LogP) is 5.94. The third-order valence-electron chi connectivity index (χ3n) is 4.99. The fraction of sp³-hybridized carbons (Fsp3) is 0.217. The van der Waals surface area contributed by atoms with Crippen LogP contribution in [0.15, 0.2) is 84.9 Å². The zero-order valence-electron chi connectivity index (χ0n) is 14.6. The summed E-state index contributed by atoms with van der Waals surface area (Å²) in [6.45, 7) is 4.07. The van der Waals surface area contributed by atoms with Gasteiger partial charge in [-0.1, -0.05) is 91.3 Å². The molecule has 2 unspecified atom stereocenters. The van der Waals surface area contributed by atoms with Gasteiger partial charge in [0.15, 0.2) is 0 Å². The van der Waals surface area contributed by atoms with Crippen LogP contribution in [0.5, 0.6) is 0 Å². The van der Waals surface area contributed by atoms with Gasteiger partial charge in [-0.3, -0.25) is 0 Å². The summed E-state index contributed by atoms with van der Waals surface area (Å²) in [5.41, 5.74) is 1.94. The molecule has 1 N–H and O–H groups in total. The normalized spacial score (nSPS) is 16.0. The first-order chi connectivity index (χ1) is 11.9. The molecule has 0 aliphatic carbocycles. The Morgan fingerprint density at radius 1 is 0.680 bits per heavy atom. The van der Waals surface area contributed by atoms with Gasteiger partial charge in [0.1, 0.15) is 0 Å². The Labute approximate surface area is 154 Å². The first-order valence-corrected chi connectivity index (χ1v) is 8.89. The van der Waals surface area contributed by atoms with E-state index in [-0.39, 0.29) is 5.41 Å². The second-order valence-electron chi connectivity index (χ2n) is 7.02. The van der Waals surface area contributed by atoms with Gasteiger partial charge >= 0.3 is 0 Å². The van der Waals surface area contributed by atoms with E-state index in [4.69, 9.17) is 11.6 Å². The zero-order chi connectivity index (χ0) is 17.9. The molecule has 25 heavy (non-hydrogen) atoms. The van der Waals surface area contributed by atoms with E-state index in [2.05, 4.69) is 31.2 Å². The smallest absolute Gasteiger partial charge is 0.0880 e. The number of halogens is 1. The standard InChI is InChI=1S/C23H23ClO/c1-22(18-9-5-3-6-10-18,19-13-15-21(24)16-14-19)17-23(2,25)20-11-7-4-8-12-20/h3-16,25H,17H2,1-2H3. The van der Waals surface area contributed by atoms with Crippen molar-refractivity contribution >= 4 is 11.6 Å². The lowest BCUT2D eigenvalue weighted by atomic mass is 9.68. The highest BCUT2D eigenvalue weighted by atomic mass is 35.5. The van der Waals surface area contributed by atoms with Crippen LogP contribution in [0.4, 0.5) is 0 Å². The molecule has 0 fully saturated rings. The first kappa shape index (κ1) is 17.7. The van der Waals surface area contributed by atoms with Crippen molar-refractivity contribution in [2.45, 2.75) is 31.3 Å². The molecule has 2 heteroatoms. The van der Waals surface area contributed by atoms with E-state index in [1.165, 1.54) is 5.56 Å². The Kier molecular flexibility index (Phi) is 4.99. The average Bonchev–Trinajstić information content (AvgIpc) is 2.63. The minimum Gasteiger partial charge on any atom is -0.385 e. The monoisotopic (exact) mass is 350 g/mol. The fourth-order valence-corrected chi connectivity index (χ4v) is 3.71. The summed E-state index contributed by atoms with van der Waals surface area (Å²) in [6, 6.07) is 28.1. The van der Waals surface area contributed by atoms with Crippen LogP contribution in [-0.4, -0.2) is 5.11 Å². The van der Waals surface area contributed by atoms with Crippen molar-refractivity contribution < 1.29 is 5.11 Å². The van der Waals surface area contributed by atoms with Crippen molar-refractivity contribution in [3.05, 3.63) is 107 Å². The molecule has 0 aliphatic rings. The van der Waals surface area contributed by atoms with Gasteiger partial charge < -0.3 is 5.11 Å². The van der Waals surface area contributed by atoms with Crippen LogP contribution in [0.3, 0.4) is 0 Å². The molecule has 0 saturated carbocycles. The van der Waals surface area contributed by atoms with Gasteiger partial charge in [-0.25, -0.2) is 0 Å². The highest BCUT2D eigenvalue weighted by molar-refractivity contribution is 6.30. The molecule has 0 saturated heterocycles. The van der Waals surface area contributed by atoms with Crippen LogP contribution in [-0.2, 0) is 11.0 Å². The minimum atomic E-state index is -0.953. The van der Waals surface area contributed by atoms with Crippen molar-refractivity contribution in [1.29, 1.82) is 0 Å². The maximum Gasteiger partial charge on any atom is 0.0880 e. The summed E-state index contributed by atoms with van der Waals surface area (Å²) < 4.78 is 0. The molecule has 3 aromatic rings. The number of aliphatic hydroxyl groups is 1. The quantitative estimate of drug-likeness (QED) is 0.603. The number of benzene rings is 3. The van der Waals surface area contributed by atoms with Crippen LogP contribution in [0.2, 0.25) is 5.02 Å². The summed E-state index contributed by atoms with van der Waals surface area (Å²) in [7, 11) is 0. The topological polar surface area (TPSA) is 20.2 Å². The van der Waals surface area contributed by atoms with E-state index in [0.29, 0.717) is 11.4 Å². The molecule has 0 aliphatic heterocycles. The Morgan fingerprint density at radius 3 is 1.64 bits per heavy atom. The Morgan fingerprint density at radius 2 is 1.12 bits per heavy atom. The lowest BCUT2D eigenvalue weighted by Gasteiger charge is -2.38. The molecular weight excluding hydrogens is 328 g/mol. The van der Waals surface area contributed by atoms with Crippen molar-refractivity contribution in [3.8, 4) is 0 Å². The van der Waals surface area contributed by atoms with E-state index >= 15 is 0 Å². The van der Waals surface area contributed by atoms with E-state index in [1.54, 1.807) is 0 Å². The molecule has 0 radical (unpaired) electrons. The van der Waals surface area contributed by atoms with Crippen LogP contribution < -0.4 is 0 Å². The van der Waals surface area contributed by atoms with Gasteiger partial charge in [0.05, 0.1) is 5.60 Å². The summed E-state index contributed by atoms with van der Waals surface area (Å²) in [5, 5.41) is 12.0. The van der Waals surface area contributed by atoms with Crippen LogP contribution in [0, 0.1) is 0 Å². The summed E-state index contributed by atoms with van der Waals surface area (Å²) in [4.78, 5) is 0. The Hall–Kier alpha value is -2.09. The van der Waals surface area contributed by atoms with Crippen molar-refractivity contribution in [2.75, 3.05) is 0 Å². The summed E-state index contributed by atoms with van der Waals surface area (Å²) in [5.74, 6) is 0. The van der Waals surface area contributed by atoms with Crippen molar-refractivity contribution in [2.24, 2.45) is 0 Å². The summed E-state index contributed by atoms with van der Waals surface area (Å²) >= 11 is 6.09. The molecule has 0 amide bonds. The van der Waals surface area contributed by atoms with Gasteiger partial charge in [-0.05, 0) is 42.2 Å². The Balaban J connectivity index is 2.07. The van der Waals surface area contributed by atoms with Gasteiger partial charge in [0.25, 0.3) is 0 Å². The number of hydrogen-bond donors (Lipinski definition) is 1. The van der Waals surface area contributed by atoms with Gasteiger partial charge in [0.2, 0.25) is 0 Å². The van der Waals surface area contributed by atoms with Crippen molar-refractivity contribution in [1.82, 2.24) is 0 Å². The molecule has 3 aromatic carbocycles. The molecule has 1 nitrogen and oxygen atoms in total. The van der Waals surface area contributed by atoms with Crippen molar-refractivity contribution in [3.63, 3.8) is 0 Å². The number of hydrogen-bond acceptors (Lipinski definition) is 1. The molecule has 0 spiro atoms. The van der Waals surface area contributed by atoms with Crippen LogP contribution in [0.25, 0.3) is 0 Å². The van der Waals surface area contributed by atoms with Crippen LogP contribution in [0.1, 0.15) is 37.0 Å². The molecule has 0 aromatic heterocycles. The third-order valence-corrected chi connectivity index (χ3v) is 5.24. The third kappa shape index (κ3) is 3.78. The second kappa shape index (κ2) is 7.03. The van der Waals surface area contributed by atoms with Gasteiger partial charge in [-0.15, -0.1) is 0 Å². The maximum atomic E-state index is 11.3. The minimum absolute atomic E-state index is 0.342. The highest BCUT2D eigenvalue weighted by Crippen LogP contribution is 2.42. The maximum absolute atomic E-state index is 11.3. The van der Waals surface area contributed by atoms with E-state index in [0.717, 1.165) is 11.1 Å². The lowest BCUT2D eigenvalue weighted by molar-refractivity contribution is 0.0307. The Bertz CT molecular complexity index is 810. The fourth-order valence-electron chi connectivity index (χ4n) is 3.58. The van der Waals surface area contributed by atoms with E-state index in [1.807, 2.05) is 67.6 Å². The van der Waals surface area contributed by atoms with E-state index < -0.39 is 5.60 Å². The van der Waals surface area contributed by atoms with Gasteiger partial charge in [0, 0.05) is 10.4 Å². The first-order valence-electron chi connectivity index (χ1n) is 8.51. The largest absolute Gasteiger partial charge is 0.385 e. The number of rotatable bonds is 5. The molecule has 128 valence electrons. The van der Waals surface area contributed by atoms with Gasteiger partial charge in [-0.2, -0.15) is 0 Å². The van der Waals surface area contributed by atoms with E-state index in [9.17, 15) is 5.11 Å². The molecule has 3 rings (SSSR count). The molecular formula is C23H23ClO. The highest BCUT2D eigenvalue weighted by Gasteiger charge is 2.37. The lowest BCUT2D eigenvalue weighted by Crippen LogP contribution is -2.35. The molecule has 2 atom stereocenters. The average molecular weight is 351 g/mol.